The quantitative estimate of drug-likeness (QED) is 0.814. The van der Waals surface area contributed by atoms with Gasteiger partial charge in [-0.1, -0.05) is 18.0 Å². The second-order valence-corrected chi connectivity index (χ2v) is 7.37. The SMILES string of the molecule is O=S(=O)(NCCCN1CCCCC1)c1cc(F)ccc1Cl. The first kappa shape index (κ1) is 16.7. The van der Waals surface area contributed by atoms with Crippen molar-refractivity contribution in [2.24, 2.45) is 0 Å². The van der Waals surface area contributed by atoms with Crippen LogP contribution in [0.5, 0.6) is 0 Å². The zero-order chi connectivity index (χ0) is 15.3. The van der Waals surface area contributed by atoms with Crippen molar-refractivity contribution in [1.29, 1.82) is 0 Å². The molecule has 1 aliphatic heterocycles. The fraction of sp³-hybridized carbons (Fsp3) is 0.571. The second kappa shape index (κ2) is 7.54. The average molecular weight is 335 g/mol. The van der Waals surface area contributed by atoms with Crippen LogP contribution < -0.4 is 4.72 Å². The highest BCUT2D eigenvalue weighted by atomic mass is 35.5. The van der Waals surface area contributed by atoms with Gasteiger partial charge in [0.15, 0.2) is 0 Å². The number of likely N-dealkylation sites (tertiary alicyclic amines) is 1. The molecule has 1 heterocycles. The van der Waals surface area contributed by atoms with Gasteiger partial charge in [-0.25, -0.2) is 17.5 Å². The number of sulfonamides is 1. The molecule has 21 heavy (non-hydrogen) atoms. The maximum atomic E-state index is 13.2. The minimum absolute atomic E-state index is 0.0277. The first-order chi connectivity index (χ1) is 9.99. The number of piperidine rings is 1. The fourth-order valence-corrected chi connectivity index (χ4v) is 4.04. The molecule has 0 aliphatic carbocycles. The summed E-state index contributed by atoms with van der Waals surface area (Å²) in [5.74, 6) is -0.618. The van der Waals surface area contributed by atoms with Crippen LogP contribution in [0.25, 0.3) is 0 Å². The van der Waals surface area contributed by atoms with E-state index in [1.807, 2.05) is 0 Å². The maximum Gasteiger partial charge on any atom is 0.242 e. The Kier molecular flexibility index (Phi) is 5.98. The molecular formula is C14H20ClFN2O2S. The van der Waals surface area contributed by atoms with Crippen LogP contribution in [0.15, 0.2) is 23.1 Å². The van der Waals surface area contributed by atoms with Crippen LogP contribution in [0.2, 0.25) is 5.02 Å². The predicted octanol–water partition coefficient (Wildman–Crippen LogP) is 2.63. The Morgan fingerprint density at radius 3 is 2.67 bits per heavy atom. The molecule has 1 N–H and O–H groups in total. The Hall–Kier alpha value is -0.690. The van der Waals surface area contributed by atoms with Gasteiger partial charge in [-0.05, 0) is 57.1 Å². The maximum absolute atomic E-state index is 13.2. The molecule has 0 bridgehead atoms. The number of rotatable bonds is 6. The van der Waals surface area contributed by atoms with E-state index in [9.17, 15) is 12.8 Å². The van der Waals surface area contributed by atoms with Crippen molar-refractivity contribution >= 4 is 21.6 Å². The van der Waals surface area contributed by atoms with E-state index < -0.39 is 15.8 Å². The number of nitrogens with zero attached hydrogens (tertiary/aromatic N) is 1. The lowest BCUT2D eigenvalue weighted by Crippen LogP contribution is -2.33. The Labute approximate surface area is 130 Å². The van der Waals surface area contributed by atoms with Gasteiger partial charge in [0.1, 0.15) is 10.7 Å². The Morgan fingerprint density at radius 2 is 1.95 bits per heavy atom. The third kappa shape index (κ3) is 4.92. The lowest BCUT2D eigenvalue weighted by atomic mass is 10.1. The average Bonchev–Trinajstić information content (AvgIpc) is 2.47. The van der Waals surface area contributed by atoms with E-state index in [0.29, 0.717) is 6.54 Å². The van der Waals surface area contributed by atoms with Crippen molar-refractivity contribution in [1.82, 2.24) is 9.62 Å². The van der Waals surface area contributed by atoms with Gasteiger partial charge in [0.25, 0.3) is 0 Å². The Bertz CT molecular complexity index is 574. The Morgan fingerprint density at radius 1 is 1.24 bits per heavy atom. The molecule has 4 nitrogen and oxygen atoms in total. The van der Waals surface area contributed by atoms with Gasteiger partial charge in [-0.3, -0.25) is 0 Å². The van der Waals surface area contributed by atoms with Crippen molar-refractivity contribution in [3.63, 3.8) is 0 Å². The minimum atomic E-state index is -3.76. The van der Waals surface area contributed by atoms with Gasteiger partial charge in [-0.15, -0.1) is 0 Å². The third-order valence-electron chi connectivity index (χ3n) is 3.57. The number of hydrogen-bond donors (Lipinski definition) is 1. The highest BCUT2D eigenvalue weighted by molar-refractivity contribution is 7.89. The molecule has 1 aliphatic rings. The summed E-state index contributed by atoms with van der Waals surface area (Å²) in [4.78, 5) is 2.13. The zero-order valence-electron chi connectivity index (χ0n) is 11.8. The standard InChI is InChI=1S/C14H20ClFN2O2S/c15-13-6-5-12(16)11-14(13)21(19,20)17-7-4-10-18-8-2-1-3-9-18/h5-6,11,17H,1-4,7-10H2. The van der Waals surface area contributed by atoms with Gasteiger partial charge in [0.2, 0.25) is 10.0 Å². The molecule has 1 saturated heterocycles. The molecule has 1 aromatic rings. The van der Waals surface area contributed by atoms with E-state index in [0.717, 1.165) is 38.2 Å². The Balaban J connectivity index is 1.85. The second-order valence-electron chi connectivity index (χ2n) is 5.23. The first-order valence-corrected chi connectivity index (χ1v) is 9.02. The summed E-state index contributed by atoms with van der Waals surface area (Å²) < 4.78 is 39.8. The molecule has 0 amide bonds. The normalized spacial score (nSPS) is 17.0. The molecule has 0 saturated carbocycles. The van der Waals surface area contributed by atoms with Gasteiger partial charge in [0.05, 0.1) is 5.02 Å². The molecular weight excluding hydrogens is 315 g/mol. The molecule has 2 rings (SSSR count). The molecule has 118 valence electrons. The van der Waals surface area contributed by atoms with E-state index in [1.54, 1.807) is 0 Å². The number of nitrogens with one attached hydrogen (secondary N) is 1. The first-order valence-electron chi connectivity index (χ1n) is 7.16. The number of halogens is 2. The molecule has 1 fully saturated rings. The summed E-state index contributed by atoms with van der Waals surface area (Å²) in [7, 11) is -3.76. The van der Waals surface area contributed by atoms with Crippen LogP contribution >= 0.6 is 11.6 Å². The van der Waals surface area contributed by atoms with Gasteiger partial charge >= 0.3 is 0 Å². The van der Waals surface area contributed by atoms with Crippen LogP contribution in [0.1, 0.15) is 25.7 Å². The van der Waals surface area contributed by atoms with Gasteiger partial charge in [0, 0.05) is 6.54 Å². The summed E-state index contributed by atoms with van der Waals surface area (Å²) in [6.07, 6.45) is 4.43. The van der Waals surface area contributed by atoms with Crippen molar-refractivity contribution < 1.29 is 12.8 Å². The summed E-state index contributed by atoms with van der Waals surface area (Å²) in [6, 6.07) is 3.33. The molecule has 0 aromatic heterocycles. The molecule has 0 unspecified atom stereocenters. The van der Waals surface area contributed by atoms with Crippen molar-refractivity contribution in [3.05, 3.63) is 29.0 Å². The van der Waals surface area contributed by atoms with E-state index in [4.69, 9.17) is 11.6 Å². The molecule has 1 aromatic carbocycles. The van der Waals surface area contributed by atoms with Crippen LogP contribution in [0.4, 0.5) is 4.39 Å². The lowest BCUT2D eigenvalue weighted by molar-refractivity contribution is 0.227. The van der Waals surface area contributed by atoms with E-state index >= 15 is 0 Å². The summed E-state index contributed by atoms with van der Waals surface area (Å²) in [6.45, 7) is 3.37. The predicted molar refractivity (Wildman–Crippen MR) is 81.5 cm³/mol. The molecule has 7 heteroatoms. The number of hydrogen-bond acceptors (Lipinski definition) is 3. The van der Waals surface area contributed by atoms with E-state index in [2.05, 4.69) is 9.62 Å². The highest BCUT2D eigenvalue weighted by Crippen LogP contribution is 2.21. The minimum Gasteiger partial charge on any atom is -0.303 e. The fourth-order valence-electron chi connectivity index (χ4n) is 2.45. The van der Waals surface area contributed by atoms with Gasteiger partial charge in [-0.2, -0.15) is 0 Å². The topological polar surface area (TPSA) is 49.4 Å². The van der Waals surface area contributed by atoms with Crippen molar-refractivity contribution in [2.75, 3.05) is 26.2 Å². The summed E-state index contributed by atoms with van der Waals surface area (Å²) in [5, 5.41) is 0.0277. The third-order valence-corrected chi connectivity index (χ3v) is 5.52. The van der Waals surface area contributed by atoms with Crippen LogP contribution in [0, 0.1) is 5.82 Å². The monoisotopic (exact) mass is 334 g/mol. The summed E-state index contributed by atoms with van der Waals surface area (Å²) >= 11 is 5.82. The van der Waals surface area contributed by atoms with Crippen LogP contribution in [0.3, 0.4) is 0 Å². The van der Waals surface area contributed by atoms with E-state index in [-0.39, 0.29) is 9.92 Å². The summed E-state index contributed by atoms with van der Waals surface area (Å²) in [5.41, 5.74) is 0. The van der Waals surface area contributed by atoms with Crippen LogP contribution in [-0.4, -0.2) is 39.5 Å². The smallest absolute Gasteiger partial charge is 0.242 e. The van der Waals surface area contributed by atoms with Crippen LogP contribution in [-0.2, 0) is 10.0 Å². The van der Waals surface area contributed by atoms with Gasteiger partial charge < -0.3 is 4.90 Å². The molecule has 0 spiro atoms. The lowest BCUT2D eigenvalue weighted by Gasteiger charge is -2.26. The van der Waals surface area contributed by atoms with Crippen molar-refractivity contribution in [3.8, 4) is 0 Å². The van der Waals surface area contributed by atoms with Crippen molar-refractivity contribution in [2.45, 2.75) is 30.6 Å². The number of benzene rings is 1. The van der Waals surface area contributed by atoms with E-state index in [1.165, 1.54) is 25.3 Å². The largest absolute Gasteiger partial charge is 0.303 e. The molecule has 0 atom stereocenters. The zero-order valence-corrected chi connectivity index (χ0v) is 13.4. The molecule has 0 radical (unpaired) electrons. The highest BCUT2D eigenvalue weighted by Gasteiger charge is 2.18.